The van der Waals surface area contributed by atoms with Crippen LogP contribution in [0.3, 0.4) is 0 Å². The van der Waals surface area contributed by atoms with Crippen LogP contribution < -0.4 is 0 Å². The maximum Gasteiger partial charge on any atom is 0.137 e. The highest BCUT2D eigenvalue weighted by Gasteiger charge is 2.03. The van der Waals surface area contributed by atoms with Gasteiger partial charge in [-0.3, -0.25) is 4.99 Å². The van der Waals surface area contributed by atoms with E-state index in [2.05, 4.69) is 15.1 Å². The van der Waals surface area contributed by atoms with Gasteiger partial charge in [0.25, 0.3) is 0 Å². The van der Waals surface area contributed by atoms with Crippen LogP contribution in [0, 0.1) is 0 Å². The summed E-state index contributed by atoms with van der Waals surface area (Å²) in [5.74, 6) is 0. The smallest absolute Gasteiger partial charge is 0.137 e. The molecule has 0 unspecified atom stereocenters. The van der Waals surface area contributed by atoms with Crippen LogP contribution >= 0.6 is 34.8 Å². The SMILES string of the molecule is Clc1ccc(C=Nc2ccc(Cn3cncn3)c(Cl)c2)cc1Cl. The Morgan fingerprint density at radius 3 is 2.57 bits per heavy atom. The number of nitrogens with zero attached hydrogens (tertiary/aromatic N) is 4. The zero-order valence-corrected chi connectivity index (χ0v) is 14.1. The Hall–Kier alpha value is -1.88. The number of halogens is 3. The van der Waals surface area contributed by atoms with Gasteiger partial charge in [0.15, 0.2) is 0 Å². The second-order valence-electron chi connectivity index (χ2n) is 4.80. The molecule has 1 aromatic heterocycles. The molecule has 0 aliphatic heterocycles. The summed E-state index contributed by atoms with van der Waals surface area (Å²) >= 11 is 18.2. The van der Waals surface area contributed by atoms with Crippen LogP contribution in [0.1, 0.15) is 11.1 Å². The molecule has 0 bridgehead atoms. The van der Waals surface area contributed by atoms with Gasteiger partial charge >= 0.3 is 0 Å². The summed E-state index contributed by atoms with van der Waals surface area (Å²) in [4.78, 5) is 8.31. The van der Waals surface area contributed by atoms with E-state index in [9.17, 15) is 0 Å². The highest BCUT2D eigenvalue weighted by molar-refractivity contribution is 6.42. The van der Waals surface area contributed by atoms with Crippen LogP contribution in [-0.2, 0) is 6.54 Å². The van der Waals surface area contributed by atoms with Crippen molar-refractivity contribution in [2.24, 2.45) is 4.99 Å². The molecule has 1 heterocycles. The van der Waals surface area contributed by atoms with Crippen molar-refractivity contribution in [1.82, 2.24) is 14.8 Å². The molecule has 3 rings (SSSR count). The van der Waals surface area contributed by atoms with Crippen molar-refractivity contribution in [2.45, 2.75) is 6.54 Å². The van der Waals surface area contributed by atoms with E-state index < -0.39 is 0 Å². The summed E-state index contributed by atoms with van der Waals surface area (Å²) in [6.45, 7) is 0.565. The Labute approximate surface area is 148 Å². The van der Waals surface area contributed by atoms with E-state index in [4.69, 9.17) is 34.8 Å². The molecule has 0 spiro atoms. The van der Waals surface area contributed by atoms with Gasteiger partial charge in [0, 0.05) is 11.2 Å². The lowest BCUT2D eigenvalue weighted by Gasteiger charge is -2.05. The molecular weight excluding hydrogens is 355 g/mol. The molecule has 116 valence electrons. The molecule has 0 aliphatic rings. The van der Waals surface area contributed by atoms with Crippen LogP contribution in [0.4, 0.5) is 5.69 Å². The maximum atomic E-state index is 6.30. The first-order valence-corrected chi connectivity index (χ1v) is 7.85. The zero-order valence-electron chi connectivity index (χ0n) is 11.8. The van der Waals surface area contributed by atoms with Crippen molar-refractivity contribution in [1.29, 1.82) is 0 Å². The predicted molar refractivity (Wildman–Crippen MR) is 94.3 cm³/mol. The van der Waals surface area contributed by atoms with Gasteiger partial charge in [0.1, 0.15) is 12.7 Å². The first kappa shape index (κ1) is 16.0. The average Bonchev–Trinajstić information content (AvgIpc) is 3.04. The van der Waals surface area contributed by atoms with E-state index in [1.165, 1.54) is 6.33 Å². The van der Waals surface area contributed by atoms with E-state index >= 15 is 0 Å². The number of benzene rings is 2. The first-order chi connectivity index (χ1) is 11.1. The van der Waals surface area contributed by atoms with E-state index in [-0.39, 0.29) is 0 Å². The minimum Gasteiger partial charge on any atom is -0.256 e. The molecule has 0 saturated carbocycles. The van der Waals surface area contributed by atoms with Crippen molar-refractivity contribution >= 4 is 46.7 Å². The highest BCUT2D eigenvalue weighted by Crippen LogP contribution is 2.25. The van der Waals surface area contributed by atoms with E-state index in [0.29, 0.717) is 21.6 Å². The van der Waals surface area contributed by atoms with Crippen molar-refractivity contribution in [2.75, 3.05) is 0 Å². The number of rotatable bonds is 4. The Morgan fingerprint density at radius 1 is 1.00 bits per heavy atom. The molecule has 0 saturated heterocycles. The van der Waals surface area contributed by atoms with Crippen molar-refractivity contribution in [3.8, 4) is 0 Å². The number of hydrogen-bond donors (Lipinski definition) is 0. The molecule has 0 aliphatic carbocycles. The third kappa shape index (κ3) is 4.10. The van der Waals surface area contributed by atoms with Crippen LogP contribution in [-0.4, -0.2) is 21.0 Å². The molecule has 23 heavy (non-hydrogen) atoms. The van der Waals surface area contributed by atoms with Crippen LogP contribution in [0.15, 0.2) is 54.0 Å². The molecule has 3 aromatic rings. The van der Waals surface area contributed by atoms with E-state index in [1.807, 2.05) is 24.3 Å². The fourth-order valence-electron chi connectivity index (χ4n) is 1.98. The summed E-state index contributed by atoms with van der Waals surface area (Å²) in [6, 6.07) is 11.0. The summed E-state index contributed by atoms with van der Waals surface area (Å²) in [7, 11) is 0. The quantitative estimate of drug-likeness (QED) is 0.608. The zero-order chi connectivity index (χ0) is 16.2. The third-order valence-corrected chi connectivity index (χ3v) is 4.23. The standard InChI is InChI=1S/C16H11Cl3N4/c17-14-4-1-11(5-16(14)19)7-21-13-3-2-12(15(18)6-13)8-23-10-20-9-22-23/h1-7,9-10H,8H2. The normalized spacial score (nSPS) is 11.3. The summed E-state index contributed by atoms with van der Waals surface area (Å²) in [5, 5.41) is 5.70. The molecular formula is C16H11Cl3N4. The number of aliphatic imine (C=N–C) groups is 1. The lowest BCUT2D eigenvalue weighted by molar-refractivity contribution is 0.685. The third-order valence-electron chi connectivity index (χ3n) is 3.14. The van der Waals surface area contributed by atoms with Gasteiger partial charge in [-0.05, 0) is 35.4 Å². The Balaban J connectivity index is 1.77. The van der Waals surface area contributed by atoms with Gasteiger partial charge in [-0.25, -0.2) is 9.67 Å². The minimum atomic E-state index is 0.497. The van der Waals surface area contributed by atoms with Gasteiger partial charge in [-0.2, -0.15) is 5.10 Å². The van der Waals surface area contributed by atoms with E-state index in [0.717, 1.165) is 16.8 Å². The van der Waals surface area contributed by atoms with Gasteiger partial charge in [0.2, 0.25) is 0 Å². The molecule has 0 N–H and O–H groups in total. The Bertz CT molecular complexity index is 845. The monoisotopic (exact) mass is 364 g/mol. The molecule has 2 aromatic carbocycles. The fourth-order valence-corrected chi connectivity index (χ4v) is 2.52. The molecule has 0 atom stereocenters. The summed E-state index contributed by atoms with van der Waals surface area (Å²) < 4.78 is 1.71. The number of hydrogen-bond acceptors (Lipinski definition) is 3. The second kappa shape index (κ2) is 7.13. The number of aromatic nitrogens is 3. The largest absolute Gasteiger partial charge is 0.256 e. The van der Waals surface area contributed by atoms with Gasteiger partial charge in [0.05, 0.1) is 22.3 Å². The van der Waals surface area contributed by atoms with Gasteiger partial charge < -0.3 is 0 Å². The van der Waals surface area contributed by atoms with Crippen molar-refractivity contribution in [3.63, 3.8) is 0 Å². The van der Waals surface area contributed by atoms with Crippen molar-refractivity contribution in [3.05, 3.63) is 75.2 Å². The molecule has 4 nitrogen and oxygen atoms in total. The first-order valence-electron chi connectivity index (χ1n) is 6.72. The molecule has 0 radical (unpaired) electrons. The van der Waals surface area contributed by atoms with Gasteiger partial charge in [-0.15, -0.1) is 0 Å². The molecule has 7 heteroatoms. The highest BCUT2D eigenvalue weighted by atomic mass is 35.5. The average molecular weight is 366 g/mol. The van der Waals surface area contributed by atoms with E-state index in [1.54, 1.807) is 29.4 Å². The topological polar surface area (TPSA) is 43.1 Å². The van der Waals surface area contributed by atoms with Crippen LogP contribution in [0.25, 0.3) is 0 Å². The predicted octanol–water partition coefficient (Wildman–Crippen LogP) is 5.04. The Kier molecular flexibility index (Phi) is 4.96. The second-order valence-corrected chi connectivity index (χ2v) is 6.02. The molecule has 0 fully saturated rings. The fraction of sp³-hybridized carbons (Fsp3) is 0.0625. The molecule has 0 amide bonds. The Morgan fingerprint density at radius 2 is 1.87 bits per heavy atom. The van der Waals surface area contributed by atoms with Crippen molar-refractivity contribution < 1.29 is 0 Å². The van der Waals surface area contributed by atoms with Crippen LogP contribution in [0.5, 0.6) is 0 Å². The summed E-state index contributed by atoms with van der Waals surface area (Å²) in [6.07, 6.45) is 4.85. The minimum absolute atomic E-state index is 0.497. The van der Waals surface area contributed by atoms with Gasteiger partial charge in [-0.1, -0.05) is 46.9 Å². The summed E-state index contributed by atoms with van der Waals surface area (Å²) in [5.41, 5.74) is 2.57. The lowest BCUT2D eigenvalue weighted by atomic mass is 10.2. The lowest BCUT2D eigenvalue weighted by Crippen LogP contribution is -2.00. The maximum absolute atomic E-state index is 6.30. The van der Waals surface area contributed by atoms with Crippen LogP contribution in [0.2, 0.25) is 15.1 Å².